The quantitative estimate of drug-likeness (QED) is 0.867. The van der Waals surface area contributed by atoms with Crippen molar-refractivity contribution in [3.63, 3.8) is 0 Å². The normalized spacial score (nSPS) is 16.6. The molecular formula is C12H13BrClNO2. The Morgan fingerprint density at radius 1 is 1.59 bits per heavy atom. The van der Waals surface area contributed by atoms with Gasteiger partial charge in [0.05, 0.1) is 7.11 Å². The van der Waals surface area contributed by atoms with E-state index in [0.29, 0.717) is 11.1 Å². The van der Waals surface area contributed by atoms with Gasteiger partial charge >= 0.3 is 5.97 Å². The molecule has 0 bridgehead atoms. The number of nitrogens with one attached hydrogen (secondary N) is 1. The number of hydrogen-bond acceptors (Lipinski definition) is 3. The number of ether oxygens (including phenoxy) is 1. The molecule has 1 aromatic carbocycles. The summed E-state index contributed by atoms with van der Waals surface area (Å²) in [5, 5.41) is 3.80. The first-order chi connectivity index (χ1) is 8.11. The summed E-state index contributed by atoms with van der Waals surface area (Å²) in [5.41, 5.74) is 0.758. The second-order valence-electron chi connectivity index (χ2n) is 4.06. The lowest BCUT2D eigenvalue weighted by Gasteiger charge is -2.17. The lowest BCUT2D eigenvalue weighted by molar-refractivity contribution is -0.143. The van der Waals surface area contributed by atoms with E-state index in [4.69, 9.17) is 16.3 Å². The minimum Gasteiger partial charge on any atom is -0.468 e. The Bertz CT molecular complexity index is 435. The summed E-state index contributed by atoms with van der Waals surface area (Å²) in [6.07, 6.45) is 2.20. The first kappa shape index (κ1) is 12.9. The van der Waals surface area contributed by atoms with E-state index in [1.54, 1.807) is 6.07 Å². The van der Waals surface area contributed by atoms with Crippen molar-refractivity contribution in [1.82, 2.24) is 5.32 Å². The zero-order chi connectivity index (χ0) is 12.4. The number of hydrogen-bond donors (Lipinski definition) is 1. The molecule has 0 aromatic heterocycles. The van der Waals surface area contributed by atoms with Gasteiger partial charge in [-0.05, 0) is 30.5 Å². The van der Waals surface area contributed by atoms with Crippen molar-refractivity contribution in [1.29, 1.82) is 0 Å². The van der Waals surface area contributed by atoms with Crippen molar-refractivity contribution >= 4 is 33.5 Å². The molecule has 1 fully saturated rings. The average molecular weight is 319 g/mol. The van der Waals surface area contributed by atoms with Gasteiger partial charge in [-0.25, -0.2) is 4.79 Å². The molecule has 0 heterocycles. The highest BCUT2D eigenvalue weighted by Gasteiger charge is 2.31. The van der Waals surface area contributed by atoms with Crippen LogP contribution in [0.3, 0.4) is 0 Å². The van der Waals surface area contributed by atoms with E-state index >= 15 is 0 Å². The van der Waals surface area contributed by atoms with E-state index in [0.717, 1.165) is 22.9 Å². The smallest absolute Gasteiger partial charge is 0.327 e. The van der Waals surface area contributed by atoms with Crippen LogP contribution in [0.5, 0.6) is 0 Å². The Labute approximate surface area is 114 Å². The molecule has 92 valence electrons. The maximum atomic E-state index is 11.8. The minimum absolute atomic E-state index is 0.305. The van der Waals surface area contributed by atoms with Gasteiger partial charge in [-0.2, -0.15) is 0 Å². The van der Waals surface area contributed by atoms with Gasteiger partial charge in [0.25, 0.3) is 0 Å². The summed E-state index contributed by atoms with van der Waals surface area (Å²) in [4.78, 5) is 11.8. The van der Waals surface area contributed by atoms with Gasteiger partial charge in [0.1, 0.15) is 6.04 Å². The fourth-order valence-corrected chi connectivity index (χ4v) is 2.41. The maximum Gasteiger partial charge on any atom is 0.327 e. The van der Waals surface area contributed by atoms with Gasteiger partial charge in [-0.1, -0.05) is 33.6 Å². The number of carbonyl (C=O) groups excluding carboxylic acids is 1. The van der Waals surface area contributed by atoms with Crippen molar-refractivity contribution in [2.75, 3.05) is 7.11 Å². The van der Waals surface area contributed by atoms with E-state index < -0.39 is 6.04 Å². The Morgan fingerprint density at radius 2 is 2.29 bits per heavy atom. The Morgan fingerprint density at radius 3 is 2.82 bits per heavy atom. The average Bonchev–Trinajstić information content (AvgIpc) is 3.10. The SMILES string of the molecule is COC(=O)C(NC1CC1)c1ccc(Br)cc1Cl. The van der Waals surface area contributed by atoms with Crippen LogP contribution in [0.2, 0.25) is 5.02 Å². The molecule has 1 aliphatic carbocycles. The van der Waals surface area contributed by atoms with Crippen LogP contribution in [0.15, 0.2) is 22.7 Å². The predicted octanol–water partition coefficient (Wildman–Crippen LogP) is 3.07. The van der Waals surface area contributed by atoms with Crippen molar-refractivity contribution in [2.24, 2.45) is 0 Å². The summed E-state index contributed by atoms with van der Waals surface area (Å²) >= 11 is 9.49. The molecule has 1 saturated carbocycles. The van der Waals surface area contributed by atoms with Gasteiger partial charge in [-0.15, -0.1) is 0 Å². The number of halogens is 2. The zero-order valence-corrected chi connectivity index (χ0v) is 11.7. The number of methoxy groups -OCH3 is 1. The summed E-state index contributed by atoms with van der Waals surface area (Å²) < 4.78 is 5.70. The number of esters is 1. The standard InChI is InChI=1S/C12H13BrClNO2/c1-17-12(16)11(15-8-3-4-8)9-5-2-7(13)6-10(9)14/h2,5-6,8,11,15H,3-4H2,1H3. The van der Waals surface area contributed by atoms with E-state index in [1.807, 2.05) is 12.1 Å². The number of carbonyl (C=O) groups is 1. The molecule has 3 nitrogen and oxygen atoms in total. The number of rotatable bonds is 4. The van der Waals surface area contributed by atoms with Gasteiger partial charge in [0, 0.05) is 15.5 Å². The van der Waals surface area contributed by atoms with Gasteiger partial charge in [0.2, 0.25) is 0 Å². The molecule has 1 N–H and O–H groups in total. The summed E-state index contributed by atoms with van der Waals surface area (Å²) in [7, 11) is 1.39. The van der Waals surface area contributed by atoms with Gasteiger partial charge < -0.3 is 4.74 Å². The van der Waals surface area contributed by atoms with E-state index in [2.05, 4.69) is 21.2 Å². The fourth-order valence-electron chi connectivity index (χ4n) is 1.62. The fraction of sp³-hybridized carbons (Fsp3) is 0.417. The molecule has 1 aliphatic rings. The molecule has 17 heavy (non-hydrogen) atoms. The summed E-state index contributed by atoms with van der Waals surface area (Å²) in [5.74, 6) is -0.305. The third-order valence-electron chi connectivity index (χ3n) is 2.69. The highest BCUT2D eigenvalue weighted by Crippen LogP contribution is 2.30. The molecule has 0 amide bonds. The monoisotopic (exact) mass is 317 g/mol. The first-order valence-corrected chi connectivity index (χ1v) is 6.57. The molecule has 0 aliphatic heterocycles. The lowest BCUT2D eigenvalue weighted by Crippen LogP contribution is -2.31. The highest BCUT2D eigenvalue weighted by molar-refractivity contribution is 9.10. The lowest BCUT2D eigenvalue weighted by atomic mass is 10.1. The third kappa shape index (κ3) is 3.21. The molecule has 0 radical (unpaired) electrons. The second kappa shape index (κ2) is 5.38. The Balaban J connectivity index is 2.26. The first-order valence-electron chi connectivity index (χ1n) is 5.40. The van der Waals surface area contributed by atoms with Crippen LogP contribution in [0.25, 0.3) is 0 Å². The zero-order valence-electron chi connectivity index (χ0n) is 9.37. The van der Waals surface area contributed by atoms with Crippen LogP contribution < -0.4 is 5.32 Å². The highest BCUT2D eigenvalue weighted by atomic mass is 79.9. The van der Waals surface area contributed by atoms with Crippen molar-refractivity contribution in [3.8, 4) is 0 Å². The Hall–Kier alpha value is -0.580. The summed E-state index contributed by atoms with van der Waals surface area (Å²) in [6.45, 7) is 0. The van der Waals surface area contributed by atoms with Gasteiger partial charge in [-0.3, -0.25) is 5.32 Å². The van der Waals surface area contributed by atoms with E-state index in [1.165, 1.54) is 7.11 Å². The minimum atomic E-state index is -0.479. The van der Waals surface area contributed by atoms with Crippen LogP contribution >= 0.6 is 27.5 Å². The van der Waals surface area contributed by atoms with Crippen LogP contribution in [0, 0.1) is 0 Å². The molecule has 1 atom stereocenters. The molecule has 2 rings (SSSR count). The van der Waals surface area contributed by atoms with E-state index in [-0.39, 0.29) is 5.97 Å². The van der Waals surface area contributed by atoms with Crippen LogP contribution in [0.1, 0.15) is 24.4 Å². The maximum absolute atomic E-state index is 11.8. The molecule has 0 spiro atoms. The molecule has 5 heteroatoms. The third-order valence-corrected chi connectivity index (χ3v) is 3.51. The van der Waals surface area contributed by atoms with Crippen molar-refractivity contribution in [3.05, 3.63) is 33.3 Å². The Kier molecular flexibility index (Phi) is 4.07. The van der Waals surface area contributed by atoms with Gasteiger partial charge in [0.15, 0.2) is 0 Å². The second-order valence-corrected chi connectivity index (χ2v) is 5.39. The topological polar surface area (TPSA) is 38.3 Å². The predicted molar refractivity (Wildman–Crippen MR) is 70.1 cm³/mol. The molecule has 1 unspecified atom stereocenters. The van der Waals surface area contributed by atoms with Crippen molar-refractivity contribution < 1.29 is 9.53 Å². The van der Waals surface area contributed by atoms with Crippen LogP contribution in [-0.2, 0) is 9.53 Å². The van der Waals surface area contributed by atoms with Crippen molar-refractivity contribution in [2.45, 2.75) is 24.9 Å². The van der Waals surface area contributed by atoms with E-state index in [9.17, 15) is 4.79 Å². The molecule has 0 saturated heterocycles. The van der Waals surface area contributed by atoms with Crippen LogP contribution in [0.4, 0.5) is 0 Å². The molecular weight excluding hydrogens is 305 g/mol. The summed E-state index contributed by atoms with van der Waals surface area (Å²) in [6, 6.07) is 5.41. The van der Waals surface area contributed by atoms with Crippen LogP contribution in [-0.4, -0.2) is 19.1 Å². The molecule has 1 aromatic rings. The largest absolute Gasteiger partial charge is 0.468 e. The number of benzene rings is 1.